The maximum absolute atomic E-state index is 4.91. The van der Waals surface area contributed by atoms with Gasteiger partial charge in [0.2, 0.25) is 0 Å². The minimum atomic E-state index is 0.290. The van der Waals surface area contributed by atoms with Crippen LogP contribution < -0.4 is 5.73 Å². The van der Waals surface area contributed by atoms with Crippen molar-refractivity contribution in [2.45, 2.75) is 39.7 Å². The number of nitrogens with one attached hydrogen (secondary N) is 1. The fourth-order valence-electron chi connectivity index (χ4n) is 4.02. The van der Waals surface area contributed by atoms with E-state index in [-0.39, 0.29) is 0 Å². The SMILES string of the molecule is Cc1nc2c(c3c1[nH]c1ccccc13)[C@@H]([NH3+])CC(C)(C)C2. The standard InChI is InChI=1S/C18H21N3/c1-10-17-15(11-6-4-5-7-13(11)21-17)16-12(19)8-18(2,3)9-14(16)20-10/h4-7,12,21H,8-9,19H2,1-3H3/p+1/t12-/m0/s1. The van der Waals surface area contributed by atoms with Gasteiger partial charge in [0.05, 0.1) is 16.9 Å². The maximum atomic E-state index is 4.91. The van der Waals surface area contributed by atoms with Crippen molar-refractivity contribution >= 4 is 21.8 Å². The fraction of sp³-hybridized carbons (Fsp3) is 0.389. The zero-order chi connectivity index (χ0) is 14.8. The van der Waals surface area contributed by atoms with Crippen LogP contribution in [0.5, 0.6) is 0 Å². The molecule has 0 saturated heterocycles. The predicted octanol–water partition coefficient (Wildman–Crippen LogP) is 3.28. The number of aromatic amines is 1. The van der Waals surface area contributed by atoms with Gasteiger partial charge in [-0.15, -0.1) is 0 Å². The first-order chi connectivity index (χ1) is 9.96. The number of hydrogen-bond donors (Lipinski definition) is 2. The molecule has 0 fully saturated rings. The lowest BCUT2D eigenvalue weighted by atomic mass is 9.73. The van der Waals surface area contributed by atoms with Crippen molar-refractivity contribution in [2.75, 3.05) is 0 Å². The quantitative estimate of drug-likeness (QED) is 0.652. The molecule has 0 unspecified atom stereocenters. The molecule has 21 heavy (non-hydrogen) atoms. The number of H-pyrrole nitrogens is 1. The summed E-state index contributed by atoms with van der Waals surface area (Å²) in [6.07, 6.45) is 2.17. The van der Waals surface area contributed by atoms with Crippen molar-refractivity contribution in [3.8, 4) is 0 Å². The molecule has 1 aliphatic carbocycles. The molecule has 1 aliphatic rings. The van der Waals surface area contributed by atoms with Gasteiger partial charge in [-0.3, -0.25) is 4.98 Å². The molecule has 0 bridgehead atoms. The smallest absolute Gasteiger partial charge is 0.113 e. The third-order valence-electron chi connectivity index (χ3n) is 4.80. The van der Waals surface area contributed by atoms with Gasteiger partial charge >= 0.3 is 0 Å². The van der Waals surface area contributed by atoms with Crippen LogP contribution in [0.3, 0.4) is 0 Å². The molecule has 0 saturated carbocycles. The Bertz CT molecular complexity index is 858. The largest absolute Gasteiger partial charge is 0.353 e. The summed E-state index contributed by atoms with van der Waals surface area (Å²) in [6, 6.07) is 8.87. The molecule has 2 aromatic heterocycles. The van der Waals surface area contributed by atoms with E-state index in [0.29, 0.717) is 11.5 Å². The Morgan fingerprint density at radius 2 is 2.05 bits per heavy atom. The predicted molar refractivity (Wildman–Crippen MR) is 86.1 cm³/mol. The summed E-state index contributed by atoms with van der Waals surface area (Å²) in [7, 11) is 0. The molecular weight excluding hydrogens is 258 g/mol. The summed E-state index contributed by atoms with van der Waals surface area (Å²) in [4.78, 5) is 8.46. The second-order valence-electron chi connectivity index (χ2n) is 7.22. The molecule has 3 heteroatoms. The number of quaternary nitrogens is 1. The normalized spacial score (nSPS) is 20.9. The molecule has 3 nitrogen and oxygen atoms in total. The van der Waals surface area contributed by atoms with E-state index in [1.165, 1.54) is 33.1 Å². The van der Waals surface area contributed by atoms with E-state index in [4.69, 9.17) is 4.98 Å². The third-order valence-corrected chi connectivity index (χ3v) is 4.80. The molecule has 1 aromatic carbocycles. The van der Waals surface area contributed by atoms with Gasteiger partial charge in [0.25, 0.3) is 0 Å². The molecule has 2 heterocycles. The highest BCUT2D eigenvalue weighted by Crippen LogP contribution is 2.43. The summed E-state index contributed by atoms with van der Waals surface area (Å²) in [5, 5.41) is 2.66. The number of nitrogens with zero attached hydrogens (tertiary/aromatic N) is 1. The van der Waals surface area contributed by atoms with E-state index >= 15 is 0 Å². The molecule has 3 aromatic rings. The van der Waals surface area contributed by atoms with E-state index in [1.807, 2.05) is 0 Å². The van der Waals surface area contributed by atoms with Gasteiger partial charge in [-0.1, -0.05) is 32.0 Å². The molecule has 108 valence electrons. The average Bonchev–Trinajstić information content (AvgIpc) is 2.77. The van der Waals surface area contributed by atoms with Crippen molar-refractivity contribution in [1.82, 2.24) is 9.97 Å². The van der Waals surface area contributed by atoms with Crippen LogP contribution in [0.2, 0.25) is 0 Å². The number of aryl methyl sites for hydroxylation is 1. The number of benzene rings is 1. The zero-order valence-electron chi connectivity index (χ0n) is 13.0. The number of aromatic nitrogens is 2. The zero-order valence-corrected chi connectivity index (χ0v) is 13.0. The number of para-hydroxylation sites is 1. The van der Waals surface area contributed by atoms with E-state index in [9.17, 15) is 0 Å². The van der Waals surface area contributed by atoms with Crippen LogP contribution in [0.25, 0.3) is 21.8 Å². The van der Waals surface area contributed by atoms with Crippen LogP contribution in [-0.4, -0.2) is 9.97 Å². The molecule has 0 spiro atoms. The van der Waals surface area contributed by atoms with Crippen molar-refractivity contribution in [3.05, 3.63) is 41.2 Å². The lowest BCUT2D eigenvalue weighted by Gasteiger charge is -2.33. The Hall–Kier alpha value is -1.87. The summed E-state index contributed by atoms with van der Waals surface area (Å²) >= 11 is 0. The van der Waals surface area contributed by atoms with Crippen molar-refractivity contribution < 1.29 is 5.73 Å². The van der Waals surface area contributed by atoms with E-state index in [0.717, 1.165) is 18.5 Å². The first-order valence-electron chi connectivity index (χ1n) is 7.69. The van der Waals surface area contributed by atoms with Crippen molar-refractivity contribution in [3.63, 3.8) is 0 Å². The van der Waals surface area contributed by atoms with Crippen LogP contribution in [-0.2, 0) is 6.42 Å². The van der Waals surface area contributed by atoms with E-state index in [1.54, 1.807) is 0 Å². The number of hydrogen-bond acceptors (Lipinski definition) is 1. The van der Waals surface area contributed by atoms with Crippen LogP contribution in [0.4, 0.5) is 0 Å². The van der Waals surface area contributed by atoms with Gasteiger partial charge in [-0.25, -0.2) is 0 Å². The Kier molecular flexibility index (Phi) is 2.49. The lowest BCUT2D eigenvalue weighted by Crippen LogP contribution is -2.57. The topological polar surface area (TPSA) is 56.3 Å². The Labute approximate surface area is 124 Å². The van der Waals surface area contributed by atoms with Crippen molar-refractivity contribution in [2.24, 2.45) is 5.41 Å². The summed E-state index contributed by atoms with van der Waals surface area (Å²) < 4.78 is 0. The van der Waals surface area contributed by atoms with Gasteiger partial charge in [-0.2, -0.15) is 0 Å². The number of fused-ring (bicyclic) bond motifs is 5. The average molecular weight is 280 g/mol. The summed E-state index contributed by atoms with van der Waals surface area (Å²) in [5.74, 6) is 0. The monoisotopic (exact) mass is 280 g/mol. The Morgan fingerprint density at radius 3 is 2.86 bits per heavy atom. The van der Waals surface area contributed by atoms with Gasteiger partial charge in [0.15, 0.2) is 0 Å². The van der Waals surface area contributed by atoms with Gasteiger partial charge in [0.1, 0.15) is 6.04 Å². The maximum Gasteiger partial charge on any atom is 0.113 e. The first-order valence-corrected chi connectivity index (χ1v) is 7.69. The van der Waals surface area contributed by atoms with Gasteiger partial charge in [-0.05, 0) is 24.8 Å². The molecule has 1 atom stereocenters. The highest BCUT2D eigenvalue weighted by molar-refractivity contribution is 6.10. The summed E-state index contributed by atoms with van der Waals surface area (Å²) in [5.41, 5.74) is 10.8. The van der Waals surface area contributed by atoms with Crippen molar-refractivity contribution in [1.29, 1.82) is 0 Å². The highest BCUT2D eigenvalue weighted by atomic mass is 14.8. The minimum absolute atomic E-state index is 0.290. The van der Waals surface area contributed by atoms with Gasteiger partial charge < -0.3 is 10.7 Å². The molecule has 0 aliphatic heterocycles. The fourth-order valence-corrected chi connectivity index (χ4v) is 4.02. The molecule has 0 radical (unpaired) electrons. The third kappa shape index (κ3) is 1.80. The van der Waals surface area contributed by atoms with Crippen LogP contribution in [0.15, 0.2) is 24.3 Å². The van der Waals surface area contributed by atoms with E-state index in [2.05, 4.69) is 55.8 Å². The van der Waals surface area contributed by atoms with Crippen LogP contribution >= 0.6 is 0 Å². The lowest BCUT2D eigenvalue weighted by molar-refractivity contribution is -0.433. The molecule has 4 N–H and O–H groups in total. The molecular formula is C18H22N3+. The van der Waals surface area contributed by atoms with E-state index < -0.39 is 0 Å². The first kappa shape index (κ1) is 12.8. The summed E-state index contributed by atoms with van der Waals surface area (Å²) in [6.45, 7) is 6.76. The van der Waals surface area contributed by atoms with Gasteiger partial charge in [0, 0.05) is 28.3 Å². The highest BCUT2D eigenvalue weighted by Gasteiger charge is 2.35. The van der Waals surface area contributed by atoms with Crippen LogP contribution in [0, 0.1) is 12.3 Å². The molecule has 4 rings (SSSR count). The second kappa shape index (κ2) is 4.08. The Balaban J connectivity index is 2.15. The Morgan fingerprint density at radius 1 is 1.29 bits per heavy atom. The number of pyridine rings is 1. The molecule has 0 amide bonds. The van der Waals surface area contributed by atoms with Crippen LogP contribution in [0.1, 0.15) is 43.3 Å². The number of rotatable bonds is 0. The second-order valence-corrected chi connectivity index (χ2v) is 7.22. The minimum Gasteiger partial charge on any atom is -0.353 e.